The van der Waals surface area contributed by atoms with Crippen LogP contribution in [-0.4, -0.2) is 0 Å². The molecule has 0 aliphatic heterocycles. The van der Waals surface area contributed by atoms with Gasteiger partial charge in [-0.2, -0.15) is 0 Å². The van der Waals surface area contributed by atoms with Crippen LogP contribution in [0, 0.1) is 11.8 Å². The van der Waals surface area contributed by atoms with E-state index in [2.05, 4.69) is 27.7 Å². The molecule has 98 valence electrons. The molecular weight excluding hydrogens is 192 g/mol. The molecule has 0 aliphatic carbocycles. The largest absolute Gasteiger partial charge is 0.0654 e. The Morgan fingerprint density at radius 3 is 1.81 bits per heavy atom. The van der Waals surface area contributed by atoms with Gasteiger partial charge in [0.2, 0.25) is 0 Å². The van der Waals surface area contributed by atoms with E-state index in [-0.39, 0.29) is 0 Å². The molecule has 0 nitrogen and oxygen atoms in total. The second-order valence-corrected chi connectivity index (χ2v) is 5.75. The molecule has 0 spiro atoms. The van der Waals surface area contributed by atoms with Gasteiger partial charge in [-0.05, 0) is 11.8 Å². The van der Waals surface area contributed by atoms with Crippen molar-refractivity contribution in [1.82, 2.24) is 0 Å². The van der Waals surface area contributed by atoms with E-state index in [4.69, 9.17) is 0 Å². The van der Waals surface area contributed by atoms with Crippen molar-refractivity contribution in [3.05, 3.63) is 0 Å². The van der Waals surface area contributed by atoms with Crippen molar-refractivity contribution in [2.24, 2.45) is 11.8 Å². The van der Waals surface area contributed by atoms with Crippen molar-refractivity contribution in [3.63, 3.8) is 0 Å². The van der Waals surface area contributed by atoms with E-state index >= 15 is 0 Å². The zero-order valence-electron chi connectivity index (χ0n) is 12.2. The predicted octanol–water partition coefficient (Wildman–Crippen LogP) is 6.20. The monoisotopic (exact) mass is 226 g/mol. The lowest BCUT2D eigenvalue weighted by Gasteiger charge is -2.14. The maximum Gasteiger partial charge on any atom is -0.0443 e. The molecule has 0 heteroatoms. The molecule has 0 aliphatic rings. The molecule has 0 bridgehead atoms. The lowest BCUT2D eigenvalue weighted by Crippen LogP contribution is -1.99. The average molecular weight is 226 g/mol. The Morgan fingerprint density at radius 1 is 0.625 bits per heavy atom. The van der Waals surface area contributed by atoms with Gasteiger partial charge in [-0.25, -0.2) is 0 Å². The Morgan fingerprint density at radius 2 is 1.19 bits per heavy atom. The summed E-state index contributed by atoms with van der Waals surface area (Å²) in [7, 11) is 0. The third kappa shape index (κ3) is 10.5. The van der Waals surface area contributed by atoms with Crippen LogP contribution in [0.5, 0.6) is 0 Å². The molecule has 0 aromatic carbocycles. The summed E-state index contributed by atoms with van der Waals surface area (Å²) >= 11 is 0. The smallest absolute Gasteiger partial charge is 0.0443 e. The Labute approximate surface area is 104 Å². The first-order valence-corrected chi connectivity index (χ1v) is 7.70. The van der Waals surface area contributed by atoms with E-state index in [0.717, 1.165) is 11.8 Å². The van der Waals surface area contributed by atoms with Gasteiger partial charge in [-0.15, -0.1) is 0 Å². The molecule has 0 saturated heterocycles. The fraction of sp³-hybridized carbons (Fsp3) is 1.00. The Bertz CT molecular complexity index is 128. The summed E-state index contributed by atoms with van der Waals surface area (Å²) in [4.78, 5) is 0. The van der Waals surface area contributed by atoms with Crippen molar-refractivity contribution >= 4 is 0 Å². The quantitative estimate of drug-likeness (QED) is 0.368. The fourth-order valence-corrected chi connectivity index (χ4v) is 2.19. The van der Waals surface area contributed by atoms with Crippen LogP contribution in [0.2, 0.25) is 0 Å². The van der Waals surface area contributed by atoms with E-state index in [1.54, 1.807) is 0 Å². The van der Waals surface area contributed by atoms with Gasteiger partial charge >= 0.3 is 0 Å². The normalized spacial score (nSPS) is 15.0. The highest BCUT2D eigenvalue weighted by molar-refractivity contribution is 4.58. The minimum atomic E-state index is 0.937. The summed E-state index contributed by atoms with van der Waals surface area (Å²) < 4.78 is 0. The molecular formula is C16H34. The van der Waals surface area contributed by atoms with Crippen LogP contribution in [0.1, 0.15) is 91.9 Å². The van der Waals surface area contributed by atoms with Crippen LogP contribution in [-0.2, 0) is 0 Å². The van der Waals surface area contributed by atoms with Crippen LogP contribution in [0.25, 0.3) is 0 Å². The maximum absolute atomic E-state index is 2.44. The first-order valence-electron chi connectivity index (χ1n) is 7.70. The van der Waals surface area contributed by atoms with Crippen molar-refractivity contribution in [1.29, 1.82) is 0 Å². The highest BCUT2D eigenvalue weighted by atomic mass is 14.1. The Hall–Kier alpha value is 0. The minimum absolute atomic E-state index is 0.937. The standard InChI is InChI=1S/C16H34/c1-5-7-8-9-10-11-12-16(4)14-13-15(3)6-2/h15-16H,5-14H2,1-4H3. The average Bonchev–Trinajstić information content (AvgIpc) is 2.30. The Kier molecular flexibility index (Phi) is 11.5. The zero-order chi connectivity index (χ0) is 12.2. The molecule has 0 aromatic rings. The fourth-order valence-electron chi connectivity index (χ4n) is 2.19. The molecule has 0 N–H and O–H groups in total. The van der Waals surface area contributed by atoms with Gasteiger partial charge in [0.25, 0.3) is 0 Å². The van der Waals surface area contributed by atoms with Crippen LogP contribution < -0.4 is 0 Å². The van der Waals surface area contributed by atoms with Gasteiger partial charge in [0.05, 0.1) is 0 Å². The molecule has 2 atom stereocenters. The van der Waals surface area contributed by atoms with E-state index in [1.807, 2.05) is 0 Å². The van der Waals surface area contributed by atoms with Gasteiger partial charge in [0, 0.05) is 0 Å². The van der Waals surface area contributed by atoms with Crippen molar-refractivity contribution in [2.75, 3.05) is 0 Å². The zero-order valence-corrected chi connectivity index (χ0v) is 12.2. The van der Waals surface area contributed by atoms with Crippen LogP contribution in [0.4, 0.5) is 0 Å². The number of rotatable bonds is 11. The van der Waals surface area contributed by atoms with E-state index in [1.165, 1.54) is 64.2 Å². The highest BCUT2D eigenvalue weighted by Gasteiger charge is 2.05. The van der Waals surface area contributed by atoms with Crippen LogP contribution in [0.15, 0.2) is 0 Å². The highest BCUT2D eigenvalue weighted by Crippen LogP contribution is 2.19. The van der Waals surface area contributed by atoms with E-state index in [0.29, 0.717) is 0 Å². The first-order chi connectivity index (χ1) is 7.70. The Balaban J connectivity index is 3.20. The summed E-state index contributed by atoms with van der Waals surface area (Å²) in [6, 6.07) is 0. The van der Waals surface area contributed by atoms with Crippen molar-refractivity contribution in [2.45, 2.75) is 91.9 Å². The summed E-state index contributed by atoms with van der Waals surface area (Å²) in [5, 5.41) is 0. The lowest BCUT2D eigenvalue weighted by molar-refractivity contribution is 0.393. The van der Waals surface area contributed by atoms with Gasteiger partial charge in [0.1, 0.15) is 0 Å². The van der Waals surface area contributed by atoms with Gasteiger partial charge in [-0.3, -0.25) is 0 Å². The molecule has 0 fully saturated rings. The number of unbranched alkanes of at least 4 members (excludes halogenated alkanes) is 5. The summed E-state index contributed by atoms with van der Waals surface area (Å²) in [5.74, 6) is 1.90. The third-order valence-corrected chi connectivity index (χ3v) is 3.90. The third-order valence-electron chi connectivity index (χ3n) is 3.90. The van der Waals surface area contributed by atoms with E-state index < -0.39 is 0 Å². The van der Waals surface area contributed by atoms with Gasteiger partial charge in [0.15, 0.2) is 0 Å². The van der Waals surface area contributed by atoms with Crippen LogP contribution in [0.3, 0.4) is 0 Å². The lowest BCUT2D eigenvalue weighted by atomic mass is 9.92. The van der Waals surface area contributed by atoms with Crippen LogP contribution >= 0.6 is 0 Å². The predicted molar refractivity (Wildman–Crippen MR) is 75.8 cm³/mol. The second kappa shape index (κ2) is 11.5. The second-order valence-electron chi connectivity index (χ2n) is 5.75. The number of hydrogen-bond donors (Lipinski definition) is 0. The summed E-state index contributed by atoms with van der Waals surface area (Å²) in [5.41, 5.74) is 0. The molecule has 0 saturated carbocycles. The molecule has 0 heterocycles. The number of hydrogen-bond acceptors (Lipinski definition) is 0. The van der Waals surface area contributed by atoms with Gasteiger partial charge < -0.3 is 0 Å². The topological polar surface area (TPSA) is 0 Å². The molecule has 16 heavy (non-hydrogen) atoms. The maximum atomic E-state index is 2.44. The SMILES string of the molecule is CCCCCCCCC(C)CCC(C)CC. The van der Waals surface area contributed by atoms with Gasteiger partial charge in [-0.1, -0.05) is 91.9 Å². The molecule has 0 amide bonds. The molecule has 0 aromatic heterocycles. The minimum Gasteiger partial charge on any atom is -0.0654 e. The summed E-state index contributed by atoms with van der Waals surface area (Å²) in [6.07, 6.45) is 14.3. The first kappa shape index (κ1) is 16.0. The summed E-state index contributed by atoms with van der Waals surface area (Å²) in [6.45, 7) is 9.42. The molecule has 0 rings (SSSR count). The van der Waals surface area contributed by atoms with Crippen molar-refractivity contribution < 1.29 is 0 Å². The van der Waals surface area contributed by atoms with Crippen molar-refractivity contribution in [3.8, 4) is 0 Å². The van der Waals surface area contributed by atoms with E-state index in [9.17, 15) is 0 Å². The molecule has 0 radical (unpaired) electrons. The molecule has 2 unspecified atom stereocenters.